The van der Waals surface area contributed by atoms with Gasteiger partial charge in [-0.1, -0.05) is 12.8 Å². The predicted octanol–water partition coefficient (Wildman–Crippen LogP) is 0.196. The molecule has 1 saturated carbocycles. The van der Waals surface area contributed by atoms with Gasteiger partial charge >= 0.3 is 19.4 Å². The molecule has 13 nitrogen and oxygen atoms in total. The van der Waals surface area contributed by atoms with E-state index in [1.165, 1.54) is 26.1 Å². The summed E-state index contributed by atoms with van der Waals surface area (Å²) in [6, 6.07) is 0.196. The number of hydrogen-bond donors (Lipinski definition) is 5. The maximum Gasteiger partial charge on any atom is 0.403 e. The first-order chi connectivity index (χ1) is 15.9. The zero-order chi connectivity index (χ0) is 25.1. The fourth-order valence-corrected chi connectivity index (χ4v) is 5.14. The van der Waals surface area contributed by atoms with Crippen LogP contribution in [0, 0.1) is 0 Å². The maximum absolute atomic E-state index is 12.5. The van der Waals surface area contributed by atoms with Gasteiger partial charge in [0.15, 0.2) is 6.23 Å². The van der Waals surface area contributed by atoms with Crippen molar-refractivity contribution in [1.29, 1.82) is 0 Å². The van der Waals surface area contributed by atoms with E-state index in [1.54, 1.807) is 0 Å². The van der Waals surface area contributed by atoms with Crippen LogP contribution in [-0.2, 0) is 23.4 Å². The molecule has 0 amide bonds. The van der Waals surface area contributed by atoms with Crippen LogP contribution < -0.4 is 16.5 Å². The van der Waals surface area contributed by atoms with Crippen LogP contribution in [0.3, 0.4) is 0 Å². The fraction of sp³-hybridized carbons (Fsp3) is 0.750. The number of aliphatic hydroxyl groups is 2. The minimum absolute atomic E-state index is 0.0293. The number of aromatic nitrogens is 2. The van der Waals surface area contributed by atoms with Crippen LogP contribution in [0.25, 0.3) is 0 Å². The molecular formula is C20H33N4O9P. The second kappa shape index (κ2) is 10.8. The highest BCUT2D eigenvalue weighted by Crippen LogP contribution is 2.42. The van der Waals surface area contributed by atoms with Crippen molar-refractivity contribution in [3.8, 4) is 0 Å². The number of nitrogens with two attached hydrogens (primary N) is 1. The first-order valence-corrected chi connectivity index (χ1v) is 12.8. The summed E-state index contributed by atoms with van der Waals surface area (Å²) in [6.07, 6.45) is 2.48. The van der Waals surface area contributed by atoms with Gasteiger partial charge in [-0.3, -0.25) is 13.9 Å². The number of hydrogen-bond acceptors (Lipinski definition) is 10. The lowest BCUT2D eigenvalue weighted by Crippen LogP contribution is -2.46. The lowest BCUT2D eigenvalue weighted by atomic mass is 9.96. The number of ether oxygens (including phenoxy) is 2. The van der Waals surface area contributed by atoms with Crippen molar-refractivity contribution < 1.29 is 38.5 Å². The van der Waals surface area contributed by atoms with Gasteiger partial charge in [-0.05, 0) is 45.6 Å². The average molecular weight is 504 g/mol. The molecule has 3 rings (SSSR count). The van der Waals surface area contributed by atoms with Gasteiger partial charge in [0.05, 0.1) is 6.61 Å². The van der Waals surface area contributed by atoms with E-state index in [2.05, 4.69) is 10.1 Å². The van der Waals surface area contributed by atoms with E-state index in [4.69, 9.17) is 19.7 Å². The Morgan fingerprint density at radius 1 is 1.41 bits per heavy atom. The Labute approximate surface area is 196 Å². The van der Waals surface area contributed by atoms with Crippen LogP contribution in [0.15, 0.2) is 17.1 Å². The molecular weight excluding hydrogens is 471 g/mol. The first kappa shape index (κ1) is 26.7. The maximum atomic E-state index is 12.5. The molecule has 1 aliphatic carbocycles. The first-order valence-electron chi connectivity index (χ1n) is 11.3. The zero-order valence-electron chi connectivity index (χ0n) is 19.2. The number of esters is 1. The molecule has 6 atom stereocenters. The van der Waals surface area contributed by atoms with Crippen LogP contribution in [0.4, 0.5) is 5.82 Å². The Morgan fingerprint density at radius 2 is 2.06 bits per heavy atom. The van der Waals surface area contributed by atoms with Crippen molar-refractivity contribution in [1.82, 2.24) is 14.6 Å². The van der Waals surface area contributed by atoms with Crippen molar-refractivity contribution in [3.63, 3.8) is 0 Å². The van der Waals surface area contributed by atoms with Crippen LogP contribution in [0.1, 0.15) is 58.6 Å². The van der Waals surface area contributed by atoms with E-state index < -0.39 is 56.1 Å². The van der Waals surface area contributed by atoms with Gasteiger partial charge in [0.25, 0.3) is 0 Å². The summed E-state index contributed by atoms with van der Waals surface area (Å²) in [6.45, 7) is 2.01. The van der Waals surface area contributed by atoms with E-state index in [0.29, 0.717) is 0 Å². The van der Waals surface area contributed by atoms with Gasteiger partial charge < -0.3 is 30.3 Å². The number of nitrogens with one attached hydrogen (secondary N) is 1. The van der Waals surface area contributed by atoms with Crippen LogP contribution in [-0.4, -0.2) is 67.2 Å². The van der Waals surface area contributed by atoms with Crippen molar-refractivity contribution in [2.45, 2.75) is 88.6 Å². The number of anilines is 1. The van der Waals surface area contributed by atoms with Gasteiger partial charge in [-0.15, -0.1) is 0 Å². The predicted molar refractivity (Wildman–Crippen MR) is 119 cm³/mol. The highest BCUT2D eigenvalue weighted by molar-refractivity contribution is 7.50. The molecule has 1 aromatic heterocycles. The van der Waals surface area contributed by atoms with Gasteiger partial charge in [0.2, 0.25) is 0 Å². The highest BCUT2D eigenvalue weighted by Gasteiger charge is 2.54. The molecule has 14 heteroatoms. The normalized spacial score (nSPS) is 30.9. The van der Waals surface area contributed by atoms with Crippen molar-refractivity contribution in [3.05, 3.63) is 22.7 Å². The molecule has 34 heavy (non-hydrogen) atoms. The summed E-state index contributed by atoms with van der Waals surface area (Å²) < 4.78 is 29.5. The summed E-state index contributed by atoms with van der Waals surface area (Å²) in [4.78, 5) is 38.2. The second-order valence-electron chi connectivity index (χ2n) is 8.96. The molecule has 1 saturated heterocycles. The molecule has 2 aliphatic rings. The highest BCUT2D eigenvalue weighted by atomic mass is 31.2. The molecule has 2 heterocycles. The Hall–Kier alpha value is -1.86. The molecule has 0 radical (unpaired) electrons. The third-order valence-electron chi connectivity index (χ3n) is 6.07. The fourth-order valence-electron chi connectivity index (χ4n) is 4.12. The van der Waals surface area contributed by atoms with Crippen LogP contribution in [0.2, 0.25) is 0 Å². The van der Waals surface area contributed by atoms with Crippen LogP contribution in [0.5, 0.6) is 0 Å². The topological polar surface area (TPSA) is 195 Å². The Kier molecular flexibility index (Phi) is 8.51. The number of rotatable bonds is 8. The number of nitrogens with zero attached hydrogens (tertiary/aromatic N) is 2. The molecule has 1 aromatic rings. The van der Waals surface area contributed by atoms with E-state index in [1.807, 2.05) is 0 Å². The van der Waals surface area contributed by atoms with E-state index in [9.17, 15) is 29.3 Å². The number of aliphatic hydroxyl groups excluding tert-OH is 1. The minimum atomic E-state index is -4.51. The van der Waals surface area contributed by atoms with Gasteiger partial charge in [-0.25, -0.2) is 14.4 Å². The average Bonchev–Trinajstić information content (AvgIpc) is 2.92. The van der Waals surface area contributed by atoms with Crippen LogP contribution >= 0.6 is 7.75 Å². The minimum Gasteiger partial charge on any atom is -0.461 e. The molecule has 0 bridgehead atoms. The molecule has 1 aliphatic heterocycles. The molecule has 2 fully saturated rings. The standard InChI is InChI=1S/C20H33N4O9P/c1-12(17(26)32-13-7-5-3-4-6-8-13)23-34(29,30)31-11-14-16(25)20(2,28)18(33-14)24-10-9-15(21)22-19(24)27/h9-10,12-14,16,18,25,28H,3-8,11H2,1-2H3,(H2,21,22,27)(H2,23,29,30)/t12-,14+,16+,18+,20+/m0/s1. The number of nitrogen functional groups attached to an aromatic ring is 1. The van der Waals surface area contributed by atoms with Gasteiger partial charge in [0, 0.05) is 6.20 Å². The third kappa shape index (κ3) is 6.42. The van der Waals surface area contributed by atoms with E-state index in [-0.39, 0.29) is 11.9 Å². The summed E-state index contributed by atoms with van der Waals surface area (Å²) in [7, 11) is -4.51. The lowest BCUT2D eigenvalue weighted by molar-refractivity contribution is -0.151. The lowest BCUT2D eigenvalue weighted by Gasteiger charge is -2.27. The van der Waals surface area contributed by atoms with Crippen molar-refractivity contribution >= 4 is 19.5 Å². The van der Waals surface area contributed by atoms with Crippen molar-refractivity contribution in [2.24, 2.45) is 0 Å². The molecule has 1 unspecified atom stereocenters. The number of carbonyl (C=O) groups is 1. The largest absolute Gasteiger partial charge is 0.461 e. The molecule has 192 valence electrons. The summed E-state index contributed by atoms with van der Waals surface area (Å²) in [5.74, 6) is -0.696. The molecule has 6 N–H and O–H groups in total. The number of carbonyl (C=O) groups excluding carboxylic acids is 1. The van der Waals surface area contributed by atoms with E-state index >= 15 is 0 Å². The third-order valence-corrected chi connectivity index (χ3v) is 7.28. The van der Waals surface area contributed by atoms with Gasteiger partial charge in [-0.2, -0.15) is 4.98 Å². The van der Waals surface area contributed by atoms with Crippen molar-refractivity contribution in [2.75, 3.05) is 12.3 Å². The second-order valence-corrected chi connectivity index (χ2v) is 10.5. The van der Waals surface area contributed by atoms with E-state index in [0.717, 1.165) is 43.1 Å². The smallest absolute Gasteiger partial charge is 0.403 e. The zero-order valence-corrected chi connectivity index (χ0v) is 20.1. The summed E-state index contributed by atoms with van der Waals surface area (Å²) in [5.41, 5.74) is 2.71. The summed E-state index contributed by atoms with van der Waals surface area (Å²) >= 11 is 0. The quantitative estimate of drug-likeness (QED) is 0.183. The molecule has 0 spiro atoms. The SMILES string of the molecule is C[C@H](NP(=O)(O)OC[C@H]1O[C@@H](n2ccc(N)nc2=O)[C@](C)(O)[C@@H]1O)C(=O)OC1CCCCCC1. The van der Waals surface area contributed by atoms with Gasteiger partial charge in [0.1, 0.15) is 35.8 Å². The Balaban J connectivity index is 1.57. The monoisotopic (exact) mass is 504 g/mol. The summed E-state index contributed by atoms with van der Waals surface area (Å²) in [5, 5.41) is 23.4. The molecule has 0 aromatic carbocycles. The Bertz CT molecular complexity index is 964. The Morgan fingerprint density at radius 3 is 2.68 bits per heavy atom.